The molecule has 1 heterocycles. The lowest BCUT2D eigenvalue weighted by molar-refractivity contribution is 0.0959. The minimum Gasteiger partial charge on any atom is -0.487 e. The summed E-state index contributed by atoms with van der Waals surface area (Å²) in [4.78, 5) is 20.3. The Morgan fingerprint density at radius 2 is 1.87 bits per heavy atom. The number of hydrogen-bond donors (Lipinski definition) is 2. The molecule has 0 saturated heterocycles. The zero-order chi connectivity index (χ0) is 17.1. The molecule has 1 amide bonds. The van der Waals surface area contributed by atoms with E-state index in [4.69, 9.17) is 10.5 Å². The fraction of sp³-hybridized carbons (Fsp3) is 0.312. The molecular weight excluding hydrogens is 360 g/mol. The Hall–Kier alpha value is -2.15. The second kappa shape index (κ2) is 6.95. The number of nitrogens with zero attached hydrogens (tertiary/aromatic N) is 2. The summed E-state index contributed by atoms with van der Waals surface area (Å²) in [6.07, 6.45) is 0. The number of anilines is 1. The largest absolute Gasteiger partial charge is 0.487 e. The molecule has 0 aliphatic carbocycles. The lowest BCUT2D eigenvalue weighted by atomic mass is 10.1. The van der Waals surface area contributed by atoms with Gasteiger partial charge in [-0.1, -0.05) is 15.9 Å². The van der Waals surface area contributed by atoms with E-state index in [9.17, 15) is 4.79 Å². The van der Waals surface area contributed by atoms with Crippen molar-refractivity contribution in [1.82, 2.24) is 15.3 Å². The first kappa shape index (κ1) is 17.2. The number of ether oxygens (including phenoxy) is 1. The molecule has 7 heteroatoms. The van der Waals surface area contributed by atoms with Crippen molar-refractivity contribution in [2.75, 3.05) is 12.8 Å². The Labute approximate surface area is 143 Å². The van der Waals surface area contributed by atoms with Crippen LogP contribution >= 0.6 is 15.9 Å². The molecule has 122 valence electrons. The van der Waals surface area contributed by atoms with Gasteiger partial charge in [0.15, 0.2) is 0 Å². The topological polar surface area (TPSA) is 90.1 Å². The number of rotatable bonds is 4. The number of halogens is 1. The second-order valence-electron chi connectivity index (χ2n) is 5.23. The summed E-state index contributed by atoms with van der Waals surface area (Å²) in [5, 5.41) is 2.59. The number of benzene rings is 1. The van der Waals surface area contributed by atoms with E-state index in [1.165, 1.54) is 0 Å². The molecule has 2 aromatic rings. The van der Waals surface area contributed by atoms with Crippen LogP contribution in [0.5, 0.6) is 5.75 Å². The molecule has 0 bridgehead atoms. The first-order valence-electron chi connectivity index (χ1n) is 7.08. The van der Waals surface area contributed by atoms with Gasteiger partial charge in [-0.05, 0) is 44.0 Å². The van der Waals surface area contributed by atoms with Gasteiger partial charge in [-0.15, -0.1) is 0 Å². The van der Waals surface area contributed by atoms with E-state index >= 15 is 0 Å². The lowest BCUT2D eigenvalue weighted by Gasteiger charge is -2.15. The Morgan fingerprint density at radius 1 is 1.26 bits per heavy atom. The normalized spacial score (nSPS) is 10.5. The van der Waals surface area contributed by atoms with Gasteiger partial charge in [-0.3, -0.25) is 4.79 Å². The van der Waals surface area contributed by atoms with Crippen LogP contribution in [0.3, 0.4) is 0 Å². The van der Waals surface area contributed by atoms with Gasteiger partial charge in [0.05, 0.1) is 17.0 Å². The monoisotopic (exact) mass is 378 g/mol. The summed E-state index contributed by atoms with van der Waals surface area (Å²) in [6, 6.07) is 3.95. The van der Waals surface area contributed by atoms with E-state index in [0.29, 0.717) is 17.0 Å². The minimum atomic E-state index is -0.259. The quantitative estimate of drug-likeness (QED) is 0.853. The fourth-order valence-electron chi connectivity index (χ4n) is 2.45. The molecule has 1 aromatic carbocycles. The third-order valence-electron chi connectivity index (χ3n) is 3.41. The summed E-state index contributed by atoms with van der Waals surface area (Å²) in [5.74, 6) is 0.634. The smallest absolute Gasteiger partial charge is 0.254 e. The first-order valence-corrected chi connectivity index (χ1v) is 7.87. The van der Waals surface area contributed by atoms with Crippen LogP contribution < -0.4 is 15.8 Å². The highest BCUT2D eigenvalue weighted by Crippen LogP contribution is 2.28. The molecule has 0 aliphatic heterocycles. The van der Waals surface area contributed by atoms with E-state index < -0.39 is 0 Å². The van der Waals surface area contributed by atoms with Crippen LogP contribution in [0, 0.1) is 20.8 Å². The summed E-state index contributed by atoms with van der Waals surface area (Å²) in [7, 11) is 1.56. The van der Waals surface area contributed by atoms with Crippen molar-refractivity contribution in [3.8, 4) is 5.75 Å². The second-order valence-corrected chi connectivity index (χ2v) is 6.14. The maximum absolute atomic E-state index is 12.1. The molecule has 23 heavy (non-hydrogen) atoms. The van der Waals surface area contributed by atoms with Crippen LogP contribution in [0.1, 0.15) is 32.9 Å². The predicted molar refractivity (Wildman–Crippen MR) is 92.5 cm³/mol. The van der Waals surface area contributed by atoms with Crippen molar-refractivity contribution < 1.29 is 9.53 Å². The maximum Gasteiger partial charge on any atom is 0.254 e. The molecule has 0 radical (unpaired) electrons. The summed E-state index contributed by atoms with van der Waals surface area (Å²) < 4.78 is 6.90. The van der Waals surface area contributed by atoms with Crippen molar-refractivity contribution >= 4 is 27.8 Å². The summed E-state index contributed by atoms with van der Waals surface area (Å²) >= 11 is 3.46. The highest BCUT2D eigenvalue weighted by atomic mass is 79.9. The van der Waals surface area contributed by atoms with Crippen LogP contribution in [0.25, 0.3) is 0 Å². The zero-order valence-electron chi connectivity index (χ0n) is 13.5. The number of nitrogen functional groups attached to an aromatic ring is 1. The third-order valence-corrected chi connectivity index (χ3v) is 3.87. The number of hydrogen-bond acceptors (Lipinski definition) is 5. The molecule has 0 saturated carbocycles. The lowest BCUT2D eigenvalue weighted by Crippen LogP contribution is -2.23. The minimum absolute atomic E-state index is 0.123. The highest BCUT2D eigenvalue weighted by Gasteiger charge is 2.18. The van der Waals surface area contributed by atoms with Crippen molar-refractivity contribution in [2.45, 2.75) is 27.4 Å². The number of amides is 1. The Bertz CT molecular complexity index is 739. The number of aryl methyl sites for hydroxylation is 3. The standard InChI is InChI=1S/C16H19BrN4O2/c1-8-5-11(17)6-9(2)14(8)23-7-12-13(15(22)19-4)10(3)20-16(18)21-12/h5-6H,7H2,1-4H3,(H,19,22)(H2,18,20,21). The number of aromatic nitrogens is 2. The fourth-order valence-corrected chi connectivity index (χ4v) is 3.13. The number of carbonyl (C=O) groups is 1. The van der Waals surface area contributed by atoms with Crippen molar-refractivity contribution in [1.29, 1.82) is 0 Å². The van der Waals surface area contributed by atoms with E-state index in [1.807, 2.05) is 26.0 Å². The molecule has 6 nitrogen and oxygen atoms in total. The molecule has 0 spiro atoms. The van der Waals surface area contributed by atoms with E-state index in [-0.39, 0.29) is 18.5 Å². The van der Waals surface area contributed by atoms with Gasteiger partial charge < -0.3 is 15.8 Å². The Morgan fingerprint density at radius 3 is 2.43 bits per heavy atom. The van der Waals surface area contributed by atoms with Gasteiger partial charge in [-0.25, -0.2) is 9.97 Å². The van der Waals surface area contributed by atoms with Crippen molar-refractivity contribution in [3.63, 3.8) is 0 Å². The Balaban J connectivity index is 2.36. The number of carbonyl (C=O) groups excluding carboxylic acids is 1. The van der Waals surface area contributed by atoms with E-state index in [1.54, 1.807) is 14.0 Å². The maximum atomic E-state index is 12.1. The van der Waals surface area contributed by atoms with Crippen LogP contribution in [0.2, 0.25) is 0 Å². The van der Waals surface area contributed by atoms with E-state index in [0.717, 1.165) is 21.3 Å². The molecule has 0 fully saturated rings. The first-order chi connectivity index (χ1) is 10.8. The summed E-state index contributed by atoms with van der Waals surface area (Å²) in [5.41, 5.74) is 9.09. The van der Waals surface area contributed by atoms with Gasteiger partial charge in [0.1, 0.15) is 12.4 Å². The van der Waals surface area contributed by atoms with Crippen LogP contribution in [-0.2, 0) is 6.61 Å². The third kappa shape index (κ3) is 3.79. The highest BCUT2D eigenvalue weighted by molar-refractivity contribution is 9.10. The molecule has 0 atom stereocenters. The predicted octanol–water partition coefficient (Wildman–Crippen LogP) is 2.69. The Kier molecular flexibility index (Phi) is 5.20. The van der Waals surface area contributed by atoms with Gasteiger partial charge >= 0.3 is 0 Å². The van der Waals surface area contributed by atoms with Gasteiger partial charge in [0.2, 0.25) is 5.95 Å². The van der Waals surface area contributed by atoms with Crippen LogP contribution in [0.15, 0.2) is 16.6 Å². The summed E-state index contributed by atoms with van der Waals surface area (Å²) in [6.45, 7) is 5.79. The van der Waals surface area contributed by atoms with E-state index in [2.05, 4.69) is 31.2 Å². The van der Waals surface area contributed by atoms with Gasteiger partial charge in [0.25, 0.3) is 5.91 Å². The van der Waals surface area contributed by atoms with Crippen molar-refractivity contribution in [3.05, 3.63) is 44.7 Å². The molecular formula is C16H19BrN4O2. The molecule has 2 rings (SSSR count). The zero-order valence-corrected chi connectivity index (χ0v) is 15.1. The van der Waals surface area contributed by atoms with Crippen LogP contribution in [-0.4, -0.2) is 22.9 Å². The van der Waals surface area contributed by atoms with Gasteiger partial charge in [-0.2, -0.15) is 0 Å². The van der Waals surface area contributed by atoms with Crippen molar-refractivity contribution in [2.24, 2.45) is 0 Å². The average molecular weight is 379 g/mol. The molecule has 0 unspecified atom stereocenters. The van der Waals surface area contributed by atoms with Gasteiger partial charge in [0, 0.05) is 11.5 Å². The molecule has 0 aliphatic rings. The molecule has 3 N–H and O–H groups in total. The SMILES string of the molecule is CNC(=O)c1c(C)nc(N)nc1COc1c(C)cc(Br)cc1C. The van der Waals surface area contributed by atoms with Crippen LogP contribution in [0.4, 0.5) is 5.95 Å². The molecule has 1 aromatic heterocycles. The average Bonchev–Trinajstić information content (AvgIpc) is 2.44. The number of nitrogens with two attached hydrogens (primary N) is 1. The number of nitrogens with one attached hydrogen (secondary N) is 1.